The number of benzene rings is 1. The normalized spacial score (nSPS) is 9.63. The first-order valence-corrected chi connectivity index (χ1v) is 5.11. The zero-order chi connectivity index (χ0) is 13.8. The van der Waals surface area contributed by atoms with Crippen molar-refractivity contribution in [3.8, 4) is 6.07 Å². The minimum Gasteiger partial charge on any atom is -0.319 e. The highest BCUT2D eigenvalue weighted by molar-refractivity contribution is 6.06. The lowest BCUT2D eigenvalue weighted by molar-refractivity contribution is -0.385. The highest BCUT2D eigenvalue weighted by Crippen LogP contribution is 2.18. The lowest BCUT2D eigenvalue weighted by Gasteiger charge is -2.04. The molecular weight excluding hydrogens is 250 g/mol. The van der Waals surface area contributed by atoms with E-state index < -0.39 is 16.5 Å². The summed E-state index contributed by atoms with van der Waals surface area (Å²) in [5, 5.41) is 27.7. The molecule has 0 bridgehead atoms. The summed E-state index contributed by atoms with van der Waals surface area (Å²) in [4.78, 5) is 21.8. The molecule has 19 heavy (non-hydrogen) atoms. The molecule has 2 N–H and O–H groups in total. The number of nitrogens with one attached hydrogen (secondary N) is 2. The molecule has 8 nitrogen and oxygen atoms in total. The molecule has 1 amide bonds. The summed E-state index contributed by atoms with van der Waals surface area (Å²) in [5.74, 6) is -0.730. The molecule has 0 aliphatic carbocycles. The smallest absolute Gasteiger partial charge is 0.319 e. The maximum absolute atomic E-state index is 11.9. The summed E-state index contributed by atoms with van der Waals surface area (Å²) in [6.07, 6.45) is 0.950. The number of carbonyl (C=O) groups excluding carboxylic acids is 1. The van der Waals surface area contributed by atoms with E-state index in [0.29, 0.717) is 0 Å². The first-order chi connectivity index (χ1) is 9.13. The van der Waals surface area contributed by atoms with Crippen LogP contribution in [0.1, 0.15) is 16.1 Å². The summed E-state index contributed by atoms with van der Waals surface area (Å²) in [7, 11) is 0. The molecule has 2 aromatic rings. The zero-order valence-electron chi connectivity index (χ0n) is 9.45. The van der Waals surface area contributed by atoms with Crippen molar-refractivity contribution in [1.29, 1.82) is 5.26 Å². The van der Waals surface area contributed by atoms with Crippen LogP contribution in [0.3, 0.4) is 0 Å². The van der Waals surface area contributed by atoms with E-state index in [1.165, 1.54) is 12.1 Å². The molecule has 2 rings (SSSR count). The van der Waals surface area contributed by atoms with Crippen molar-refractivity contribution in [2.24, 2.45) is 0 Å². The van der Waals surface area contributed by atoms with Gasteiger partial charge in [-0.1, -0.05) is 12.1 Å². The van der Waals surface area contributed by atoms with Crippen molar-refractivity contribution < 1.29 is 9.72 Å². The van der Waals surface area contributed by atoms with Crippen LogP contribution in [-0.2, 0) is 0 Å². The fraction of sp³-hybridized carbons (Fsp3) is 0. The van der Waals surface area contributed by atoms with Crippen LogP contribution >= 0.6 is 0 Å². The Morgan fingerprint density at radius 3 is 2.89 bits per heavy atom. The fourth-order valence-electron chi connectivity index (χ4n) is 1.46. The van der Waals surface area contributed by atoms with E-state index in [2.05, 4.69) is 15.5 Å². The number of nitro groups is 1. The van der Waals surface area contributed by atoms with Gasteiger partial charge in [-0.2, -0.15) is 10.4 Å². The number of amides is 1. The number of aromatic amines is 1. The van der Waals surface area contributed by atoms with Crippen LogP contribution < -0.4 is 5.32 Å². The first kappa shape index (κ1) is 12.3. The average molecular weight is 257 g/mol. The van der Waals surface area contributed by atoms with Crippen molar-refractivity contribution in [1.82, 2.24) is 10.2 Å². The van der Waals surface area contributed by atoms with Gasteiger partial charge < -0.3 is 5.32 Å². The highest BCUT2D eigenvalue weighted by Gasteiger charge is 2.23. The first-order valence-electron chi connectivity index (χ1n) is 5.11. The van der Waals surface area contributed by atoms with Gasteiger partial charge in [-0.05, 0) is 12.1 Å². The monoisotopic (exact) mass is 257 g/mol. The average Bonchev–Trinajstić information content (AvgIpc) is 2.88. The quantitative estimate of drug-likeness (QED) is 0.635. The Kier molecular flexibility index (Phi) is 3.20. The van der Waals surface area contributed by atoms with E-state index in [4.69, 9.17) is 5.26 Å². The van der Waals surface area contributed by atoms with Crippen molar-refractivity contribution in [3.05, 3.63) is 51.8 Å². The lowest BCUT2D eigenvalue weighted by atomic mass is 10.2. The zero-order valence-corrected chi connectivity index (χ0v) is 9.45. The maximum Gasteiger partial charge on any atom is 0.319 e. The summed E-state index contributed by atoms with van der Waals surface area (Å²) in [6, 6.07) is 8.24. The van der Waals surface area contributed by atoms with Gasteiger partial charge in [0, 0.05) is 0 Å². The number of nitrogens with zero attached hydrogens (tertiary/aromatic N) is 3. The van der Waals surface area contributed by atoms with Crippen molar-refractivity contribution in [2.75, 3.05) is 5.32 Å². The molecule has 8 heteroatoms. The molecule has 0 radical (unpaired) electrons. The second-order valence-electron chi connectivity index (χ2n) is 3.50. The number of aromatic nitrogens is 2. The Bertz CT molecular complexity index is 686. The van der Waals surface area contributed by atoms with E-state index in [1.807, 2.05) is 6.07 Å². The molecule has 1 heterocycles. The largest absolute Gasteiger partial charge is 0.319 e. The second kappa shape index (κ2) is 4.97. The Morgan fingerprint density at radius 1 is 1.47 bits per heavy atom. The number of hydrogen-bond acceptors (Lipinski definition) is 5. The Balaban J connectivity index is 2.29. The number of nitriles is 1. The van der Waals surface area contributed by atoms with Crippen LogP contribution in [0.25, 0.3) is 0 Å². The maximum atomic E-state index is 11.9. The molecule has 0 fully saturated rings. The van der Waals surface area contributed by atoms with Crippen LogP contribution in [0.5, 0.6) is 0 Å². The SMILES string of the molecule is N#Cc1ccccc1NC(=O)c1[nH]ncc1[N+](=O)[O-]. The second-order valence-corrected chi connectivity index (χ2v) is 3.50. The number of hydrogen-bond donors (Lipinski definition) is 2. The van der Waals surface area contributed by atoms with Gasteiger partial charge in [-0.15, -0.1) is 0 Å². The van der Waals surface area contributed by atoms with Crippen LogP contribution in [0.2, 0.25) is 0 Å². The van der Waals surface area contributed by atoms with Crippen molar-refractivity contribution in [2.45, 2.75) is 0 Å². The topological polar surface area (TPSA) is 125 Å². The van der Waals surface area contributed by atoms with E-state index in [0.717, 1.165) is 6.20 Å². The predicted octanol–water partition coefficient (Wildman–Crippen LogP) is 1.44. The molecule has 94 valence electrons. The van der Waals surface area contributed by atoms with Crippen LogP contribution in [0.15, 0.2) is 30.5 Å². The van der Waals surface area contributed by atoms with Gasteiger partial charge in [0.25, 0.3) is 5.91 Å². The number of para-hydroxylation sites is 1. The predicted molar refractivity (Wildman–Crippen MR) is 64.4 cm³/mol. The third-order valence-electron chi connectivity index (χ3n) is 2.34. The molecule has 1 aromatic carbocycles. The Morgan fingerprint density at radius 2 is 2.21 bits per heavy atom. The van der Waals surface area contributed by atoms with E-state index >= 15 is 0 Å². The summed E-state index contributed by atoms with van der Waals surface area (Å²) >= 11 is 0. The number of rotatable bonds is 3. The molecule has 0 atom stereocenters. The summed E-state index contributed by atoms with van der Waals surface area (Å²) < 4.78 is 0. The third kappa shape index (κ3) is 2.39. The molecule has 1 aromatic heterocycles. The highest BCUT2D eigenvalue weighted by atomic mass is 16.6. The number of anilines is 1. The standard InChI is InChI=1S/C11H7N5O3/c12-5-7-3-1-2-4-8(7)14-11(17)10-9(16(18)19)6-13-15-10/h1-4,6H,(H,13,15)(H,14,17). The van der Waals surface area contributed by atoms with Crippen LogP contribution in [0, 0.1) is 21.4 Å². The molecule has 0 saturated heterocycles. The van der Waals surface area contributed by atoms with Crippen molar-refractivity contribution >= 4 is 17.3 Å². The van der Waals surface area contributed by atoms with Gasteiger partial charge in [-0.25, -0.2) is 0 Å². The van der Waals surface area contributed by atoms with E-state index in [-0.39, 0.29) is 16.9 Å². The van der Waals surface area contributed by atoms with Crippen LogP contribution in [-0.4, -0.2) is 21.0 Å². The third-order valence-corrected chi connectivity index (χ3v) is 2.34. The van der Waals surface area contributed by atoms with Crippen LogP contribution in [0.4, 0.5) is 11.4 Å². The molecule has 0 spiro atoms. The number of carbonyl (C=O) groups is 1. The van der Waals surface area contributed by atoms with Crippen molar-refractivity contribution in [3.63, 3.8) is 0 Å². The Hall–Kier alpha value is -3.21. The molecule has 0 saturated carbocycles. The fourth-order valence-corrected chi connectivity index (χ4v) is 1.46. The van der Waals surface area contributed by atoms with Gasteiger partial charge in [0.2, 0.25) is 5.69 Å². The minimum absolute atomic E-state index is 0.262. The molecule has 0 aliphatic rings. The molecular formula is C11H7N5O3. The van der Waals surface area contributed by atoms with Gasteiger partial charge in [0.05, 0.1) is 16.2 Å². The molecule has 0 unspecified atom stereocenters. The van der Waals surface area contributed by atoms with Gasteiger partial charge in [-0.3, -0.25) is 20.0 Å². The van der Waals surface area contributed by atoms with Gasteiger partial charge in [0.1, 0.15) is 12.3 Å². The van der Waals surface area contributed by atoms with E-state index in [9.17, 15) is 14.9 Å². The summed E-state index contributed by atoms with van der Waals surface area (Å²) in [6.45, 7) is 0. The van der Waals surface area contributed by atoms with Gasteiger partial charge in [0.15, 0.2) is 0 Å². The lowest BCUT2D eigenvalue weighted by Crippen LogP contribution is -2.14. The minimum atomic E-state index is -0.730. The Labute approximate surface area is 106 Å². The number of H-pyrrole nitrogens is 1. The van der Waals surface area contributed by atoms with E-state index in [1.54, 1.807) is 12.1 Å². The molecule has 0 aliphatic heterocycles. The van der Waals surface area contributed by atoms with Gasteiger partial charge >= 0.3 is 5.69 Å². The summed E-state index contributed by atoms with van der Waals surface area (Å²) in [5.41, 5.74) is -0.151.